The lowest BCUT2D eigenvalue weighted by molar-refractivity contribution is -0.0577. The minimum Gasteiger partial charge on any atom is -0.329 e. The van der Waals surface area contributed by atoms with E-state index in [1.807, 2.05) is 0 Å². The van der Waals surface area contributed by atoms with Crippen LogP contribution in [0.25, 0.3) is 0 Å². The average Bonchev–Trinajstić information content (AvgIpc) is 2.25. The number of likely N-dealkylation sites (N-methyl/N-ethyl adjacent to an activating group) is 1. The fourth-order valence-corrected chi connectivity index (χ4v) is 5.04. The fourth-order valence-electron chi connectivity index (χ4n) is 5.04. The Labute approximate surface area is 119 Å². The molecule has 3 unspecified atom stereocenters. The molecule has 2 rings (SSSR count). The number of hydrogen-bond acceptors (Lipinski definition) is 3. The lowest BCUT2D eigenvalue weighted by Gasteiger charge is -2.56. The Morgan fingerprint density at radius 3 is 2.37 bits per heavy atom. The summed E-state index contributed by atoms with van der Waals surface area (Å²) in [6.07, 6.45) is 3.88. The van der Waals surface area contributed by atoms with Gasteiger partial charge < -0.3 is 10.6 Å². The highest BCUT2D eigenvalue weighted by Crippen LogP contribution is 2.47. The molecular formula is C16H33N3. The number of nitrogens with two attached hydrogens (primary N) is 1. The van der Waals surface area contributed by atoms with Gasteiger partial charge in [0, 0.05) is 37.8 Å². The van der Waals surface area contributed by atoms with Crippen LogP contribution in [-0.2, 0) is 0 Å². The first kappa shape index (κ1) is 15.3. The molecule has 1 heterocycles. The maximum atomic E-state index is 6.29. The monoisotopic (exact) mass is 267 g/mol. The van der Waals surface area contributed by atoms with Crippen LogP contribution >= 0.6 is 0 Å². The van der Waals surface area contributed by atoms with Gasteiger partial charge in [-0.25, -0.2) is 0 Å². The van der Waals surface area contributed by atoms with E-state index in [2.05, 4.69) is 44.5 Å². The van der Waals surface area contributed by atoms with Crippen molar-refractivity contribution in [3.05, 3.63) is 0 Å². The van der Waals surface area contributed by atoms with Gasteiger partial charge in [-0.15, -0.1) is 0 Å². The second-order valence-electron chi connectivity index (χ2n) is 8.09. The number of piperazine rings is 1. The Kier molecular flexibility index (Phi) is 4.29. The Morgan fingerprint density at radius 1 is 1.16 bits per heavy atom. The van der Waals surface area contributed by atoms with Gasteiger partial charge in [0.05, 0.1) is 0 Å². The van der Waals surface area contributed by atoms with Crippen molar-refractivity contribution in [1.82, 2.24) is 9.80 Å². The molecule has 0 amide bonds. The van der Waals surface area contributed by atoms with Crippen LogP contribution < -0.4 is 5.73 Å². The molecule has 0 aromatic heterocycles. The smallest absolute Gasteiger partial charge is 0.0343 e. The third kappa shape index (κ3) is 3.14. The van der Waals surface area contributed by atoms with Gasteiger partial charge in [-0.1, -0.05) is 20.8 Å². The van der Waals surface area contributed by atoms with E-state index in [4.69, 9.17) is 5.73 Å². The molecule has 2 fully saturated rings. The van der Waals surface area contributed by atoms with Crippen LogP contribution in [0.4, 0.5) is 0 Å². The molecule has 112 valence electrons. The van der Waals surface area contributed by atoms with Crippen LogP contribution in [0.1, 0.15) is 47.0 Å². The van der Waals surface area contributed by atoms with E-state index in [9.17, 15) is 0 Å². The third-order valence-corrected chi connectivity index (χ3v) is 5.26. The predicted molar refractivity (Wildman–Crippen MR) is 82.2 cm³/mol. The van der Waals surface area contributed by atoms with Gasteiger partial charge in [0.1, 0.15) is 0 Å². The molecule has 1 aliphatic carbocycles. The van der Waals surface area contributed by atoms with E-state index >= 15 is 0 Å². The highest BCUT2D eigenvalue weighted by molar-refractivity contribution is 5.03. The molecule has 0 bridgehead atoms. The zero-order valence-corrected chi connectivity index (χ0v) is 13.6. The summed E-state index contributed by atoms with van der Waals surface area (Å²) < 4.78 is 0. The van der Waals surface area contributed by atoms with Crippen molar-refractivity contribution in [3.63, 3.8) is 0 Å². The summed E-state index contributed by atoms with van der Waals surface area (Å²) in [7, 11) is 2.23. The SMILES string of the molecule is CC1CC(C)(C)CC(CN)(N2CCN(C)CC2C)C1. The molecule has 1 saturated carbocycles. The first-order valence-electron chi connectivity index (χ1n) is 7.93. The van der Waals surface area contributed by atoms with Gasteiger partial charge in [0.2, 0.25) is 0 Å². The molecule has 3 heteroatoms. The van der Waals surface area contributed by atoms with Crippen LogP contribution in [0, 0.1) is 11.3 Å². The molecule has 0 aromatic rings. The highest BCUT2D eigenvalue weighted by Gasteiger charge is 2.47. The molecule has 1 aliphatic heterocycles. The number of hydrogen-bond donors (Lipinski definition) is 1. The zero-order valence-electron chi connectivity index (χ0n) is 13.6. The Hall–Kier alpha value is -0.120. The highest BCUT2D eigenvalue weighted by atomic mass is 15.3. The van der Waals surface area contributed by atoms with Crippen molar-refractivity contribution in [1.29, 1.82) is 0 Å². The molecule has 0 aromatic carbocycles. The summed E-state index contributed by atoms with van der Waals surface area (Å²) in [4.78, 5) is 5.19. The molecule has 1 saturated heterocycles. The van der Waals surface area contributed by atoms with Crippen LogP contribution in [-0.4, -0.2) is 54.6 Å². The van der Waals surface area contributed by atoms with Crippen molar-refractivity contribution in [3.8, 4) is 0 Å². The van der Waals surface area contributed by atoms with Gasteiger partial charge in [-0.05, 0) is 44.6 Å². The summed E-state index contributed by atoms with van der Waals surface area (Å²) in [6, 6.07) is 0.628. The van der Waals surface area contributed by atoms with Crippen molar-refractivity contribution >= 4 is 0 Å². The molecule has 19 heavy (non-hydrogen) atoms. The van der Waals surface area contributed by atoms with Crippen molar-refractivity contribution in [2.45, 2.75) is 58.5 Å². The quantitative estimate of drug-likeness (QED) is 0.832. The summed E-state index contributed by atoms with van der Waals surface area (Å²) in [5.74, 6) is 0.791. The maximum absolute atomic E-state index is 6.29. The molecule has 3 atom stereocenters. The van der Waals surface area contributed by atoms with Gasteiger partial charge in [-0.2, -0.15) is 0 Å². The van der Waals surface area contributed by atoms with Gasteiger partial charge in [0.25, 0.3) is 0 Å². The number of nitrogens with zero attached hydrogens (tertiary/aromatic N) is 2. The first-order chi connectivity index (χ1) is 8.78. The second kappa shape index (κ2) is 5.34. The van der Waals surface area contributed by atoms with Crippen LogP contribution in [0.5, 0.6) is 0 Å². The fraction of sp³-hybridized carbons (Fsp3) is 1.00. The minimum atomic E-state index is 0.238. The molecule has 3 nitrogen and oxygen atoms in total. The predicted octanol–water partition coefficient (Wildman–Crippen LogP) is 2.17. The summed E-state index contributed by atoms with van der Waals surface area (Å²) in [5, 5.41) is 0. The summed E-state index contributed by atoms with van der Waals surface area (Å²) in [5.41, 5.74) is 6.96. The zero-order chi connectivity index (χ0) is 14.3. The van der Waals surface area contributed by atoms with E-state index < -0.39 is 0 Å². The Bertz CT molecular complexity index is 315. The van der Waals surface area contributed by atoms with Crippen LogP contribution in [0.15, 0.2) is 0 Å². The molecule has 2 aliphatic rings. The lowest BCUT2D eigenvalue weighted by atomic mass is 9.63. The molecule has 0 spiro atoms. The summed E-state index contributed by atoms with van der Waals surface area (Å²) >= 11 is 0. The van der Waals surface area contributed by atoms with E-state index in [1.54, 1.807) is 0 Å². The standard InChI is InChI=1S/C16H33N3/c1-13-8-15(3,4)11-16(9-13,12-17)19-7-6-18(5)10-14(19)2/h13-14H,6-12,17H2,1-5H3. The lowest BCUT2D eigenvalue weighted by Crippen LogP contribution is -2.66. The summed E-state index contributed by atoms with van der Waals surface area (Å²) in [6.45, 7) is 14.0. The van der Waals surface area contributed by atoms with Crippen molar-refractivity contribution in [2.75, 3.05) is 33.2 Å². The van der Waals surface area contributed by atoms with E-state index in [0.29, 0.717) is 11.5 Å². The number of rotatable bonds is 2. The van der Waals surface area contributed by atoms with Crippen LogP contribution in [0.2, 0.25) is 0 Å². The third-order valence-electron chi connectivity index (χ3n) is 5.26. The largest absolute Gasteiger partial charge is 0.329 e. The average molecular weight is 267 g/mol. The van der Waals surface area contributed by atoms with Crippen molar-refractivity contribution in [2.24, 2.45) is 17.1 Å². The van der Waals surface area contributed by atoms with Crippen molar-refractivity contribution < 1.29 is 0 Å². The normalized spacial score (nSPS) is 41.4. The van der Waals surface area contributed by atoms with Crippen LogP contribution in [0.3, 0.4) is 0 Å². The second-order valence-corrected chi connectivity index (χ2v) is 8.09. The molecule has 0 radical (unpaired) electrons. The topological polar surface area (TPSA) is 32.5 Å². The Balaban J connectivity index is 2.21. The first-order valence-corrected chi connectivity index (χ1v) is 7.93. The minimum absolute atomic E-state index is 0.238. The molecular weight excluding hydrogens is 234 g/mol. The van der Waals surface area contributed by atoms with Gasteiger partial charge >= 0.3 is 0 Å². The van der Waals surface area contributed by atoms with Gasteiger partial charge in [-0.3, -0.25) is 4.90 Å². The van der Waals surface area contributed by atoms with Gasteiger partial charge in [0.15, 0.2) is 0 Å². The van der Waals surface area contributed by atoms with E-state index in [-0.39, 0.29) is 5.54 Å². The van der Waals surface area contributed by atoms with E-state index in [1.165, 1.54) is 38.9 Å². The maximum Gasteiger partial charge on any atom is 0.0343 e. The van der Waals surface area contributed by atoms with E-state index in [0.717, 1.165) is 12.5 Å². The molecule has 2 N–H and O–H groups in total. The Morgan fingerprint density at radius 2 is 1.84 bits per heavy atom.